The van der Waals surface area contributed by atoms with E-state index in [0.29, 0.717) is 17.6 Å². The van der Waals surface area contributed by atoms with E-state index in [1.807, 2.05) is 67.8 Å². The van der Waals surface area contributed by atoms with Crippen LogP contribution in [0.1, 0.15) is 40.5 Å². The van der Waals surface area contributed by atoms with E-state index in [9.17, 15) is 4.79 Å². The minimum absolute atomic E-state index is 0.0626. The van der Waals surface area contributed by atoms with Crippen LogP contribution in [0.15, 0.2) is 58.3 Å². The zero-order valence-corrected chi connectivity index (χ0v) is 20.3. The van der Waals surface area contributed by atoms with Crippen molar-refractivity contribution < 1.29 is 13.9 Å². The largest absolute Gasteiger partial charge is 0.469 e. The van der Waals surface area contributed by atoms with E-state index in [1.54, 1.807) is 13.4 Å². The van der Waals surface area contributed by atoms with Crippen molar-refractivity contribution in [1.82, 2.24) is 19.3 Å². The van der Waals surface area contributed by atoms with Crippen LogP contribution in [0.2, 0.25) is 0 Å². The van der Waals surface area contributed by atoms with Crippen LogP contribution in [0.5, 0.6) is 0 Å². The van der Waals surface area contributed by atoms with E-state index in [1.165, 1.54) is 11.8 Å². The first-order chi connectivity index (χ1) is 15.9. The number of ketones is 1. The van der Waals surface area contributed by atoms with Gasteiger partial charge in [0, 0.05) is 29.7 Å². The number of furan rings is 1. The van der Waals surface area contributed by atoms with Crippen molar-refractivity contribution in [3.8, 4) is 17.1 Å². The quantitative estimate of drug-likeness (QED) is 0.243. The number of aryl methyl sites for hydroxylation is 2. The first kappa shape index (κ1) is 23.1. The Bertz CT molecular complexity index is 1260. The molecule has 33 heavy (non-hydrogen) atoms. The highest BCUT2D eigenvalue weighted by atomic mass is 32.2. The molecule has 0 spiro atoms. The molecular weight excluding hydrogens is 436 g/mol. The highest BCUT2D eigenvalue weighted by molar-refractivity contribution is 7.99. The van der Waals surface area contributed by atoms with Crippen LogP contribution < -0.4 is 0 Å². The average Bonchev–Trinajstić information content (AvgIpc) is 3.49. The lowest BCUT2D eigenvalue weighted by atomic mass is 10.2. The molecule has 1 atom stereocenters. The highest BCUT2D eigenvalue weighted by Gasteiger charge is 2.22. The molecule has 4 rings (SSSR count). The summed E-state index contributed by atoms with van der Waals surface area (Å²) in [7, 11) is 1.69. The molecule has 3 aromatic heterocycles. The third-order valence-electron chi connectivity index (χ3n) is 5.71. The van der Waals surface area contributed by atoms with Crippen LogP contribution >= 0.6 is 11.8 Å². The summed E-state index contributed by atoms with van der Waals surface area (Å²) in [6, 6.07) is 13.9. The Morgan fingerprint density at radius 1 is 1.15 bits per heavy atom. The number of hydrogen-bond acceptors (Lipinski definition) is 6. The number of nitrogens with zero attached hydrogens (tertiary/aromatic N) is 4. The minimum Gasteiger partial charge on any atom is -0.469 e. The summed E-state index contributed by atoms with van der Waals surface area (Å²) < 4.78 is 14.9. The van der Waals surface area contributed by atoms with Gasteiger partial charge in [-0.3, -0.25) is 9.36 Å². The fourth-order valence-corrected chi connectivity index (χ4v) is 5.06. The van der Waals surface area contributed by atoms with Crippen molar-refractivity contribution in [2.24, 2.45) is 0 Å². The zero-order valence-electron chi connectivity index (χ0n) is 19.5. The second-order valence-corrected chi connectivity index (χ2v) is 8.98. The molecule has 0 amide bonds. The predicted molar refractivity (Wildman–Crippen MR) is 129 cm³/mol. The maximum Gasteiger partial charge on any atom is 0.196 e. The number of carbonyl (C=O) groups is 1. The Kier molecular flexibility index (Phi) is 6.85. The molecule has 0 aliphatic carbocycles. The van der Waals surface area contributed by atoms with Crippen LogP contribution in [0.25, 0.3) is 17.1 Å². The van der Waals surface area contributed by atoms with E-state index >= 15 is 0 Å². The summed E-state index contributed by atoms with van der Waals surface area (Å²) in [6.07, 6.45) is 1.64. The van der Waals surface area contributed by atoms with Gasteiger partial charge >= 0.3 is 0 Å². The molecule has 0 radical (unpaired) electrons. The highest BCUT2D eigenvalue weighted by Crippen LogP contribution is 2.31. The van der Waals surface area contributed by atoms with Gasteiger partial charge in [0.25, 0.3) is 0 Å². The smallest absolute Gasteiger partial charge is 0.196 e. The number of carbonyl (C=O) groups excluding carboxylic acids is 1. The average molecular weight is 465 g/mol. The van der Waals surface area contributed by atoms with E-state index in [4.69, 9.17) is 9.15 Å². The summed E-state index contributed by atoms with van der Waals surface area (Å²) in [6.45, 7) is 8.59. The van der Waals surface area contributed by atoms with Gasteiger partial charge in [-0.25, -0.2) is 0 Å². The van der Waals surface area contributed by atoms with Crippen molar-refractivity contribution >= 4 is 17.5 Å². The molecule has 3 heterocycles. The van der Waals surface area contributed by atoms with Gasteiger partial charge < -0.3 is 13.7 Å². The molecule has 0 unspecified atom stereocenters. The second-order valence-electron chi connectivity index (χ2n) is 8.04. The van der Waals surface area contributed by atoms with Crippen LogP contribution in [0.3, 0.4) is 0 Å². The van der Waals surface area contributed by atoms with Gasteiger partial charge in [0.15, 0.2) is 16.8 Å². The first-order valence-electron chi connectivity index (χ1n) is 10.8. The number of thioether (sulfide) groups is 1. The second kappa shape index (κ2) is 9.80. The summed E-state index contributed by atoms with van der Waals surface area (Å²) in [5.74, 6) is 1.78. The van der Waals surface area contributed by atoms with Crippen LogP contribution in [0.4, 0.5) is 0 Å². The van der Waals surface area contributed by atoms with Gasteiger partial charge in [-0.15, -0.1) is 10.2 Å². The number of Topliss-reactive ketones (excluding diaryl/α,β-unsaturated/α-hetero) is 1. The molecule has 7 nitrogen and oxygen atoms in total. The molecule has 0 fully saturated rings. The van der Waals surface area contributed by atoms with Gasteiger partial charge in [-0.1, -0.05) is 30.0 Å². The van der Waals surface area contributed by atoms with Crippen molar-refractivity contribution in [2.45, 2.75) is 38.9 Å². The fourth-order valence-electron chi connectivity index (χ4n) is 4.23. The SMILES string of the molecule is COC[C@H](C)n1c(C)cc(C(=O)CSc2nnc(-c3ccoc3C)n2-c2ccccc2)c1C. The maximum absolute atomic E-state index is 13.2. The Balaban J connectivity index is 1.62. The van der Waals surface area contributed by atoms with E-state index < -0.39 is 0 Å². The van der Waals surface area contributed by atoms with Gasteiger partial charge in [0.2, 0.25) is 0 Å². The molecule has 0 saturated carbocycles. The Morgan fingerprint density at radius 3 is 2.58 bits per heavy atom. The van der Waals surface area contributed by atoms with Gasteiger partial charge in [0.05, 0.1) is 30.2 Å². The van der Waals surface area contributed by atoms with Crippen molar-refractivity contribution in [3.05, 3.63) is 71.4 Å². The number of hydrogen-bond donors (Lipinski definition) is 0. The topological polar surface area (TPSA) is 75.1 Å². The number of para-hydroxylation sites is 1. The summed E-state index contributed by atoms with van der Waals surface area (Å²) in [5.41, 5.74) is 4.55. The van der Waals surface area contributed by atoms with Crippen LogP contribution in [-0.2, 0) is 4.74 Å². The Labute approximate surface area is 197 Å². The number of rotatable bonds is 9. The lowest BCUT2D eigenvalue weighted by molar-refractivity contribution is 0.102. The van der Waals surface area contributed by atoms with Crippen molar-refractivity contribution in [2.75, 3.05) is 19.5 Å². The van der Waals surface area contributed by atoms with E-state index in [-0.39, 0.29) is 17.6 Å². The molecule has 172 valence electrons. The summed E-state index contributed by atoms with van der Waals surface area (Å²) in [4.78, 5) is 13.2. The molecule has 0 aliphatic heterocycles. The molecule has 0 saturated heterocycles. The first-order valence-corrected chi connectivity index (χ1v) is 11.8. The third-order valence-corrected chi connectivity index (χ3v) is 6.64. The molecule has 8 heteroatoms. The molecule has 4 aromatic rings. The Hall–Kier alpha value is -3.10. The van der Waals surface area contributed by atoms with Gasteiger partial charge in [-0.2, -0.15) is 0 Å². The number of benzene rings is 1. The number of ether oxygens (including phenoxy) is 1. The lowest BCUT2D eigenvalue weighted by Gasteiger charge is -2.17. The monoisotopic (exact) mass is 464 g/mol. The normalized spacial score (nSPS) is 12.3. The molecule has 0 aliphatic rings. The van der Waals surface area contributed by atoms with Crippen molar-refractivity contribution in [1.29, 1.82) is 0 Å². The third kappa shape index (κ3) is 4.54. The standard InChI is InChI=1S/C25H28N4O3S/c1-16-13-22(18(3)28(16)17(2)14-31-5)23(30)15-33-25-27-26-24(21-11-12-32-19(21)4)29(25)20-9-7-6-8-10-20/h6-13,17H,14-15H2,1-5H3/t17-/m0/s1. The zero-order chi connectivity index (χ0) is 23.5. The summed E-state index contributed by atoms with van der Waals surface area (Å²) >= 11 is 1.39. The molecule has 1 aromatic carbocycles. The van der Waals surface area contributed by atoms with Crippen LogP contribution in [-0.4, -0.2) is 44.6 Å². The van der Waals surface area contributed by atoms with Crippen molar-refractivity contribution in [3.63, 3.8) is 0 Å². The van der Waals surface area contributed by atoms with Gasteiger partial charge in [0.1, 0.15) is 5.76 Å². The Morgan fingerprint density at radius 2 is 1.91 bits per heavy atom. The minimum atomic E-state index is 0.0626. The van der Waals surface area contributed by atoms with E-state index in [0.717, 1.165) is 34.0 Å². The molecule has 0 bridgehead atoms. The maximum atomic E-state index is 13.2. The molecular formula is C25H28N4O3S. The predicted octanol–water partition coefficient (Wildman–Crippen LogP) is 5.44. The van der Waals surface area contributed by atoms with E-state index in [2.05, 4.69) is 21.7 Å². The number of methoxy groups -OCH3 is 1. The molecule has 0 N–H and O–H groups in total. The number of aromatic nitrogens is 4. The van der Waals surface area contributed by atoms with Crippen LogP contribution in [0, 0.1) is 20.8 Å². The summed E-state index contributed by atoms with van der Waals surface area (Å²) in [5, 5.41) is 9.50. The lowest BCUT2D eigenvalue weighted by Crippen LogP contribution is -2.14. The fraction of sp³-hybridized carbons (Fsp3) is 0.320. The van der Waals surface area contributed by atoms with Gasteiger partial charge in [-0.05, 0) is 52.0 Å².